The molecule has 2 aromatic rings. The summed E-state index contributed by atoms with van der Waals surface area (Å²) in [6.07, 6.45) is -1.31. The maximum absolute atomic E-state index is 14.3. The first-order valence-electron chi connectivity index (χ1n) is 8.79. The highest BCUT2D eigenvalue weighted by molar-refractivity contribution is 14.1. The number of carbonyl (C=O) groups excluding carboxylic acids is 2. The van der Waals surface area contributed by atoms with Crippen molar-refractivity contribution in [2.75, 3.05) is 13.7 Å². The molecule has 2 heterocycles. The molecule has 152 valence electrons. The lowest BCUT2D eigenvalue weighted by Gasteiger charge is -2.29. The Kier molecular flexibility index (Phi) is 5.78. The number of aromatic nitrogens is 2. The Labute approximate surface area is 174 Å². The summed E-state index contributed by atoms with van der Waals surface area (Å²) in [5, 5.41) is 2.45. The van der Waals surface area contributed by atoms with Gasteiger partial charge in [0.25, 0.3) is 5.92 Å². The third-order valence-electron chi connectivity index (χ3n) is 4.72. The highest BCUT2D eigenvalue weighted by atomic mass is 127. The molecule has 1 saturated heterocycles. The van der Waals surface area contributed by atoms with Crippen molar-refractivity contribution >= 4 is 45.6 Å². The van der Waals surface area contributed by atoms with Crippen LogP contribution in [0.1, 0.15) is 32.1 Å². The van der Waals surface area contributed by atoms with Gasteiger partial charge in [-0.25, -0.2) is 18.6 Å². The molecule has 1 aromatic carbocycles. The second kappa shape index (κ2) is 7.80. The topological polar surface area (TPSA) is 87.3 Å². The zero-order valence-corrected chi connectivity index (χ0v) is 17.8. The zero-order valence-electron chi connectivity index (χ0n) is 15.6. The summed E-state index contributed by atoms with van der Waals surface area (Å²) in [6.45, 7) is 2.73. The number of nitrogens with zero attached hydrogens (tertiary/aromatic N) is 2. The molecule has 0 spiro atoms. The molecule has 28 heavy (non-hydrogen) atoms. The molecule has 0 aliphatic carbocycles. The Bertz CT molecular complexity index is 902. The Hall–Kier alpha value is -1.98. The Morgan fingerprint density at radius 2 is 2.14 bits per heavy atom. The Balaban J connectivity index is 1.94. The van der Waals surface area contributed by atoms with Crippen molar-refractivity contribution in [3.8, 4) is 0 Å². The minimum atomic E-state index is -3.04. The van der Waals surface area contributed by atoms with Gasteiger partial charge in [-0.05, 0) is 46.7 Å². The number of ether oxygens (including phenoxy) is 1. The van der Waals surface area contributed by atoms with Gasteiger partial charge in [-0.15, -0.1) is 0 Å². The predicted octanol–water partition coefficient (Wildman–Crippen LogP) is 3.46. The lowest BCUT2D eigenvalue weighted by Crippen LogP contribution is -2.51. The summed E-state index contributed by atoms with van der Waals surface area (Å²) in [4.78, 5) is 33.3. The van der Waals surface area contributed by atoms with E-state index in [4.69, 9.17) is 0 Å². The van der Waals surface area contributed by atoms with E-state index < -0.39 is 43.0 Å². The zero-order chi connectivity index (χ0) is 20.6. The molecular formula is C18H21F2IN4O3. The van der Waals surface area contributed by atoms with Crippen molar-refractivity contribution in [2.24, 2.45) is 5.92 Å². The largest absolute Gasteiger partial charge is 0.453 e. The standard InChI is InChI=1S/C18H21F2IN4O3/c1-9(2)14(24-17(27)28-3)16(26)25-8-18(19,20)7-13(25)15-22-11-5-4-10(21)6-12(11)23-15/h4-6,9,13-14H,7-8H2,1-3H3,(H,22,23)(H,24,27)/t13-,14-/m0/s1. The summed E-state index contributed by atoms with van der Waals surface area (Å²) >= 11 is 2.15. The van der Waals surface area contributed by atoms with Gasteiger partial charge in [0.2, 0.25) is 5.91 Å². The van der Waals surface area contributed by atoms with E-state index >= 15 is 0 Å². The molecule has 7 nitrogen and oxygen atoms in total. The maximum atomic E-state index is 14.3. The predicted molar refractivity (Wildman–Crippen MR) is 107 cm³/mol. The van der Waals surface area contributed by atoms with Crippen molar-refractivity contribution in [3.63, 3.8) is 0 Å². The second-order valence-electron chi connectivity index (χ2n) is 7.18. The average molecular weight is 506 g/mol. The number of imidazole rings is 1. The van der Waals surface area contributed by atoms with Gasteiger partial charge in [-0.2, -0.15) is 0 Å². The number of alkyl halides is 2. The highest BCUT2D eigenvalue weighted by Crippen LogP contribution is 2.41. The van der Waals surface area contributed by atoms with Gasteiger partial charge >= 0.3 is 6.09 Å². The minimum Gasteiger partial charge on any atom is -0.453 e. The Morgan fingerprint density at radius 1 is 1.43 bits per heavy atom. The number of alkyl carbamates (subject to hydrolysis) is 1. The molecule has 0 saturated carbocycles. The molecular weight excluding hydrogens is 485 g/mol. The van der Waals surface area contributed by atoms with E-state index in [1.807, 2.05) is 18.2 Å². The average Bonchev–Trinajstić information content (AvgIpc) is 3.18. The molecule has 2 atom stereocenters. The second-order valence-corrected chi connectivity index (χ2v) is 8.43. The van der Waals surface area contributed by atoms with Crippen LogP contribution < -0.4 is 5.32 Å². The molecule has 0 bridgehead atoms. The van der Waals surface area contributed by atoms with Gasteiger partial charge in [-0.1, -0.05) is 13.8 Å². The molecule has 1 aliphatic heterocycles. The van der Waals surface area contributed by atoms with Crippen molar-refractivity contribution < 1.29 is 23.1 Å². The number of methoxy groups -OCH3 is 1. The van der Waals surface area contributed by atoms with Crippen molar-refractivity contribution in [1.29, 1.82) is 0 Å². The van der Waals surface area contributed by atoms with E-state index in [1.54, 1.807) is 13.8 Å². The molecule has 1 fully saturated rings. The number of hydrogen-bond donors (Lipinski definition) is 2. The highest BCUT2D eigenvalue weighted by Gasteiger charge is 2.50. The molecule has 2 N–H and O–H groups in total. The van der Waals surface area contributed by atoms with Crippen molar-refractivity contribution in [2.45, 2.75) is 38.3 Å². The third kappa shape index (κ3) is 4.20. The van der Waals surface area contributed by atoms with Crippen LogP contribution in [0.15, 0.2) is 18.2 Å². The number of carbonyl (C=O) groups is 2. The molecule has 0 unspecified atom stereocenters. The molecule has 1 aliphatic rings. The summed E-state index contributed by atoms with van der Waals surface area (Å²) in [5.74, 6) is -3.63. The van der Waals surface area contributed by atoms with Gasteiger partial charge in [0.1, 0.15) is 11.9 Å². The minimum absolute atomic E-state index is 0.307. The number of aromatic amines is 1. The first-order valence-corrected chi connectivity index (χ1v) is 9.87. The van der Waals surface area contributed by atoms with Gasteiger partial charge in [-0.3, -0.25) is 4.79 Å². The number of H-pyrrole nitrogens is 1. The van der Waals surface area contributed by atoms with Crippen LogP contribution in [-0.2, 0) is 9.53 Å². The number of hydrogen-bond acceptors (Lipinski definition) is 4. The SMILES string of the molecule is COC(=O)N[C@H](C(=O)N1CC(F)(F)C[C@H]1c1nc2cc(I)ccc2[nH]1)C(C)C. The number of nitrogens with one attached hydrogen (secondary N) is 2. The molecule has 0 radical (unpaired) electrons. The maximum Gasteiger partial charge on any atom is 0.407 e. The fourth-order valence-corrected chi connectivity index (χ4v) is 3.80. The number of fused-ring (bicyclic) bond motifs is 1. The molecule has 2 amide bonds. The monoisotopic (exact) mass is 506 g/mol. The van der Waals surface area contributed by atoms with Crippen LogP contribution in [0.25, 0.3) is 11.0 Å². The summed E-state index contributed by atoms with van der Waals surface area (Å²) in [6, 6.07) is 3.65. The number of amides is 2. The summed E-state index contributed by atoms with van der Waals surface area (Å²) in [7, 11) is 1.18. The van der Waals surface area contributed by atoms with E-state index in [1.165, 1.54) is 7.11 Å². The van der Waals surface area contributed by atoms with E-state index in [0.29, 0.717) is 16.9 Å². The van der Waals surface area contributed by atoms with Crippen molar-refractivity contribution in [3.05, 3.63) is 27.6 Å². The van der Waals surface area contributed by atoms with Crippen LogP contribution in [0, 0.1) is 9.49 Å². The van der Waals surface area contributed by atoms with E-state index in [9.17, 15) is 18.4 Å². The summed E-state index contributed by atoms with van der Waals surface area (Å²) < 4.78 is 34.0. The first-order chi connectivity index (χ1) is 13.1. The van der Waals surface area contributed by atoms with Crippen LogP contribution in [0.2, 0.25) is 0 Å². The number of benzene rings is 1. The van der Waals surface area contributed by atoms with Gasteiger partial charge in [0.05, 0.1) is 30.7 Å². The van der Waals surface area contributed by atoms with Crippen LogP contribution in [0.4, 0.5) is 13.6 Å². The van der Waals surface area contributed by atoms with Crippen LogP contribution >= 0.6 is 22.6 Å². The first kappa shape index (κ1) is 20.7. The fraction of sp³-hybridized carbons (Fsp3) is 0.500. The number of halogens is 3. The number of likely N-dealkylation sites (tertiary alicyclic amines) is 1. The lowest BCUT2D eigenvalue weighted by molar-refractivity contribution is -0.136. The third-order valence-corrected chi connectivity index (χ3v) is 5.39. The normalized spacial score (nSPS) is 19.8. The quantitative estimate of drug-likeness (QED) is 0.623. The van der Waals surface area contributed by atoms with E-state index in [2.05, 4.69) is 42.6 Å². The lowest BCUT2D eigenvalue weighted by atomic mass is 10.0. The fourth-order valence-electron chi connectivity index (χ4n) is 3.33. The molecule has 10 heteroatoms. The number of rotatable bonds is 4. The van der Waals surface area contributed by atoms with Crippen LogP contribution in [-0.4, -0.2) is 52.5 Å². The van der Waals surface area contributed by atoms with Gasteiger partial charge < -0.3 is 19.9 Å². The van der Waals surface area contributed by atoms with E-state index in [0.717, 1.165) is 8.47 Å². The smallest absolute Gasteiger partial charge is 0.407 e. The van der Waals surface area contributed by atoms with Crippen molar-refractivity contribution in [1.82, 2.24) is 20.2 Å². The Morgan fingerprint density at radius 3 is 2.79 bits per heavy atom. The molecule has 1 aromatic heterocycles. The summed E-state index contributed by atoms with van der Waals surface area (Å²) in [5.41, 5.74) is 1.36. The van der Waals surface area contributed by atoms with Crippen LogP contribution in [0.5, 0.6) is 0 Å². The molecule has 3 rings (SSSR count). The van der Waals surface area contributed by atoms with Gasteiger partial charge in [0, 0.05) is 9.99 Å². The van der Waals surface area contributed by atoms with E-state index in [-0.39, 0.29) is 5.92 Å². The van der Waals surface area contributed by atoms with Gasteiger partial charge in [0.15, 0.2) is 0 Å². The van der Waals surface area contributed by atoms with Crippen LogP contribution in [0.3, 0.4) is 0 Å².